The molecule has 0 saturated carbocycles. The summed E-state index contributed by atoms with van der Waals surface area (Å²) >= 11 is 5.73. The smallest absolute Gasteiger partial charge is 0.255 e. The van der Waals surface area contributed by atoms with Gasteiger partial charge in [0.05, 0.1) is 10.5 Å². The highest BCUT2D eigenvalue weighted by Crippen LogP contribution is 2.13. The topological polar surface area (TPSA) is 100 Å². The van der Waals surface area contributed by atoms with E-state index in [0.717, 1.165) is 0 Å². The summed E-state index contributed by atoms with van der Waals surface area (Å²) in [6, 6.07) is 9.11. The van der Waals surface area contributed by atoms with Crippen molar-refractivity contribution in [2.45, 2.75) is 4.90 Å². The van der Waals surface area contributed by atoms with Crippen LogP contribution in [0.2, 0.25) is 5.02 Å². The zero-order valence-corrected chi connectivity index (χ0v) is 14.5. The zero-order valence-electron chi connectivity index (χ0n) is 12.9. The molecule has 1 aromatic carbocycles. The van der Waals surface area contributed by atoms with Gasteiger partial charge in [-0.15, -0.1) is 0 Å². The Bertz CT molecular complexity index is 810. The van der Waals surface area contributed by atoms with Crippen LogP contribution in [0, 0.1) is 0 Å². The fourth-order valence-corrected chi connectivity index (χ4v) is 3.10. The van der Waals surface area contributed by atoms with Gasteiger partial charge in [0.1, 0.15) is 5.82 Å². The molecule has 0 aliphatic heterocycles. The molecule has 0 aliphatic carbocycles. The van der Waals surface area contributed by atoms with Crippen molar-refractivity contribution < 1.29 is 13.2 Å². The number of hydrogen-bond donors (Lipinski definition) is 3. The predicted molar refractivity (Wildman–Crippen MR) is 92.8 cm³/mol. The van der Waals surface area contributed by atoms with E-state index in [9.17, 15) is 13.2 Å². The Morgan fingerprint density at radius 2 is 1.88 bits per heavy atom. The van der Waals surface area contributed by atoms with E-state index in [1.165, 1.54) is 24.3 Å². The maximum Gasteiger partial charge on any atom is 0.255 e. The van der Waals surface area contributed by atoms with E-state index in [2.05, 4.69) is 20.3 Å². The van der Waals surface area contributed by atoms with Crippen molar-refractivity contribution in [1.82, 2.24) is 15.0 Å². The van der Waals surface area contributed by atoms with Crippen molar-refractivity contribution in [3.05, 3.63) is 53.2 Å². The minimum atomic E-state index is -3.64. The maximum absolute atomic E-state index is 12.1. The molecule has 0 aliphatic rings. The first-order valence-corrected chi connectivity index (χ1v) is 8.96. The van der Waals surface area contributed by atoms with Crippen molar-refractivity contribution in [2.24, 2.45) is 0 Å². The highest BCUT2D eigenvalue weighted by atomic mass is 35.5. The van der Waals surface area contributed by atoms with E-state index in [1.54, 1.807) is 25.4 Å². The van der Waals surface area contributed by atoms with Crippen LogP contribution in [0.1, 0.15) is 10.4 Å². The van der Waals surface area contributed by atoms with Crippen molar-refractivity contribution in [3.8, 4) is 0 Å². The normalized spacial score (nSPS) is 11.1. The predicted octanol–water partition coefficient (Wildman–Crippen LogP) is 1.49. The third kappa shape index (κ3) is 4.67. The Morgan fingerprint density at radius 1 is 1.17 bits per heavy atom. The Morgan fingerprint density at radius 3 is 2.54 bits per heavy atom. The van der Waals surface area contributed by atoms with Crippen molar-refractivity contribution >= 4 is 33.3 Å². The molecule has 2 aromatic rings. The summed E-state index contributed by atoms with van der Waals surface area (Å²) in [6.45, 7) is 0.204. The number of carbonyl (C=O) groups is 1. The summed E-state index contributed by atoms with van der Waals surface area (Å²) in [7, 11) is -1.97. The summed E-state index contributed by atoms with van der Waals surface area (Å²) in [5, 5.41) is 5.92. The average molecular weight is 369 g/mol. The summed E-state index contributed by atoms with van der Waals surface area (Å²) in [6.07, 6.45) is 1.57. The molecule has 0 bridgehead atoms. The van der Waals surface area contributed by atoms with Gasteiger partial charge in [0.25, 0.3) is 5.91 Å². The first-order valence-electron chi connectivity index (χ1n) is 7.10. The molecule has 3 N–H and O–H groups in total. The lowest BCUT2D eigenvalue weighted by molar-refractivity contribution is 0.0955. The van der Waals surface area contributed by atoms with Gasteiger partial charge in [-0.25, -0.2) is 18.1 Å². The number of rotatable bonds is 7. The first kappa shape index (κ1) is 18.2. The molecule has 0 radical (unpaired) electrons. The molecular formula is C15H17ClN4O3S. The van der Waals surface area contributed by atoms with Gasteiger partial charge >= 0.3 is 0 Å². The van der Waals surface area contributed by atoms with Crippen LogP contribution in [0.15, 0.2) is 47.5 Å². The number of nitrogens with one attached hydrogen (secondary N) is 3. The zero-order chi connectivity index (χ0) is 17.6. The number of aromatic nitrogens is 1. The maximum atomic E-state index is 12.1. The van der Waals surface area contributed by atoms with Crippen LogP contribution < -0.4 is 15.4 Å². The number of hydrogen-bond acceptors (Lipinski definition) is 5. The highest BCUT2D eigenvalue weighted by Gasteiger charge is 2.14. The van der Waals surface area contributed by atoms with E-state index in [-0.39, 0.29) is 23.9 Å². The van der Waals surface area contributed by atoms with Gasteiger partial charge in [-0.2, -0.15) is 0 Å². The summed E-state index contributed by atoms with van der Waals surface area (Å²) in [5.74, 6) is 0.120. The molecular weight excluding hydrogens is 352 g/mol. The lowest BCUT2D eigenvalue weighted by Crippen LogP contribution is -2.35. The summed E-state index contributed by atoms with van der Waals surface area (Å²) in [5.41, 5.74) is 0.389. The summed E-state index contributed by atoms with van der Waals surface area (Å²) < 4.78 is 26.6. The number of sulfonamides is 1. The number of amides is 1. The van der Waals surface area contributed by atoms with Crippen molar-refractivity contribution in [3.63, 3.8) is 0 Å². The quantitative estimate of drug-likeness (QED) is 0.643. The Hall–Kier alpha value is -2.16. The minimum Gasteiger partial charge on any atom is -0.372 e. The van der Waals surface area contributed by atoms with Gasteiger partial charge in [0.15, 0.2) is 0 Å². The highest BCUT2D eigenvalue weighted by molar-refractivity contribution is 7.89. The molecule has 0 saturated heterocycles. The number of benzene rings is 1. The minimum absolute atomic E-state index is 0.0614. The Kier molecular flexibility index (Phi) is 6.13. The third-order valence-corrected chi connectivity index (χ3v) is 4.84. The van der Waals surface area contributed by atoms with Gasteiger partial charge in [0.2, 0.25) is 10.0 Å². The number of carbonyl (C=O) groups excluding carboxylic acids is 1. The van der Waals surface area contributed by atoms with Crippen LogP contribution in [0.5, 0.6) is 0 Å². The molecule has 0 atom stereocenters. The number of nitrogens with zero attached hydrogens (tertiary/aromatic N) is 1. The number of pyridine rings is 1. The van der Waals surface area contributed by atoms with Crippen LogP contribution in [0.25, 0.3) is 0 Å². The molecule has 24 heavy (non-hydrogen) atoms. The number of anilines is 1. The standard InChI is InChI=1S/C15H17ClN4O3S/c1-17-14-13(3-2-8-18-14)15(21)19-9-10-20-24(22,23)12-6-4-11(16)5-7-12/h2-8,20H,9-10H2,1H3,(H,17,18)(H,19,21). The van der Waals surface area contributed by atoms with Crippen LogP contribution in [0.4, 0.5) is 5.82 Å². The second kappa shape index (κ2) is 8.09. The molecule has 9 heteroatoms. The molecule has 0 unspecified atom stereocenters. The van der Waals surface area contributed by atoms with E-state index in [0.29, 0.717) is 16.4 Å². The fourth-order valence-electron chi connectivity index (χ4n) is 1.94. The van der Waals surface area contributed by atoms with E-state index in [1.807, 2.05) is 0 Å². The molecule has 1 amide bonds. The molecule has 7 nitrogen and oxygen atoms in total. The molecule has 128 valence electrons. The van der Waals surface area contributed by atoms with Gasteiger partial charge in [0, 0.05) is 31.4 Å². The van der Waals surface area contributed by atoms with Gasteiger partial charge < -0.3 is 10.6 Å². The lowest BCUT2D eigenvalue weighted by atomic mass is 10.2. The second-order valence-corrected chi connectivity index (χ2v) is 6.96. The average Bonchev–Trinajstić information content (AvgIpc) is 2.59. The van der Waals surface area contributed by atoms with Crippen LogP contribution in [-0.2, 0) is 10.0 Å². The fraction of sp³-hybridized carbons (Fsp3) is 0.200. The van der Waals surface area contributed by atoms with Gasteiger partial charge in [-0.05, 0) is 36.4 Å². The van der Waals surface area contributed by atoms with Gasteiger partial charge in [-0.1, -0.05) is 11.6 Å². The van der Waals surface area contributed by atoms with Crippen molar-refractivity contribution in [2.75, 3.05) is 25.5 Å². The first-order chi connectivity index (χ1) is 11.4. The Balaban J connectivity index is 1.88. The molecule has 0 spiro atoms. The Labute approximate surface area is 145 Å². The van der Waals surface area contributed by atoms with Crippen LogP contribution >= 0.6 is 11.6 Å². The molecule has 2 rings (SSSR count). The molecule has 1 heterocycles. The largest absolute Gasteiger partial charge is 0.372 e. The molecule has 1 aromatic heterocycles. The summed E-state index contributed by atoms with van der Waals surface area (Å²) in [4.78, 5) is 16.2. The monoisotopic (exact) mass is 368 g/mol. The van der Waals surface area contributed by atoms with Crippen LogP contribution in [-0.4, -0.2) is 39.4 Å². The van der Waals surface area contributed by atoms with Crippen LogP contribution in [0.3, 0.4) is 0 Å². The second-order valence-electron chi connectivity index (χ2n) is 4.76. The van der Waals surface area contributed by atoms with Crippen molar-refractivity contribution in [1.29, 1.82) is 0 Å². The van der Waals surface area contributed by atoms with Gasteiger partial charge in [-0.3, -0.25) is 4.79 Å². The van der Waals surface area contributed by atoms with E-state index >= 15 is 0 Å². The number of halogens is 1. The van der Waals surface area contributed by atoms with E-state index in [4.69, 9.17) is 11.6 Å². The SMILES string of the molecule is CNc1ncccc1C(=O)NCCNS(=O)(=O)c1ccc(Cl)cc1. The third-order valence-electron chi connectivity index (χ3n) is 3.12. The van der Waals surface area contributed by atoms with E-state index < -0.39 is 10.0 Å². The lowest BCUT2D eigenvalue weighted by Gasteiger charge is -2.10. The molecule has 0 fully saturated rings.